The second-order valence-corrected chi connectivity index (χ2v) is 9.48. The van der Waals surface area contributed by atoms with Crippen LogP contribution >= 0.6 is 7.82 Å². The summed E-state index contributed by atoms with van der Waals surface area (Å²) in [4.78, 5) is 9.96. The minimum atomic E-state index is -4.16. The van der Waals surface area contributed by atoms with Crippen LogP contribution in [0, 0.1) is 0 Å². The fourth-order valence-electron chi connectivity index (χ4n) is 2.46. The van der Waals surface area contributed by atoms with E-state index in [4.69, 9.17) is 18.5 Å². The molecule has 7 nitrogen and oxygen atoms in total. The van der Waals surface area contributed by atoms with Crippen LogP contribution in [-0.2, 0) is 36.3 Å². The van der Waals surface area contributed by atoms with Crippen LogP contribution in [-0.4, -0.2) is 63.0 Å². The number of rotatable bonds is 14. The Morgan fingerprint density at radius 3 is 2.00 bits per heavy atom. The van der Waals surface area contributed by atoms with Crippen molar-refractivity contribution < 1.29 is 32.5 Å². The third-order valence-electron chi connectivity index (χ3n) is 4.18. The molecule has 0 spiro atoms. The summed E-state index contributed by atoms with van der Waals surface area (Å²) in [6, 6.07) is 19.5. The zero-order valence-corrected chi connectivity index (χ0v) is 18.9. The number of ether oxygens (including phenoxy) is 2. The molecule has 0 radical (unpaired) electrons. The molecule has 0 heterocycles. The first-order valence-corrected chi connectivity index (χ1v) is 11.4. The van der Waals surface area contributed by atoms with Crippen LogP contribution in [0.25, 0.3) is 0 Å². The highest BCUT2D eigenvalue weighted by Gasteiger charge is 2.25. The molecular formula is C22H33NO6P+. The van der Waals surface area contributed by atoms with E-state index in [-0.39, 0.29) is 19.8 Å². The molecule has 0 aliphatic rings. The zero-order chi connectivity index (χ0) is 21.9. The van der Waals surface area contributed by atoms with Crippen LogP contribution in [0.1, 0.15) is 11.1 Å². The van der Waals surface area contributed by atoms with Gasteiger partial charge < -0.3 is 18.9 Å². The van der Waals surface area contributed by atoms with Gasteiger partial charge in [0.05, 0.1) is 47.6 Å². The Morgan fingerprint density at radius 2 is 1.43 bits per heavy atom. The van der Waals surface area contributed by atoms with Crippen LogP contribution < -0.4 is 0 Å². The Kier molecular flexibility index (Phi) is 10.1. The first-order valence-electron chi connectivity index (χ1n) is 9.93. The maximum atomic E-state index is 12.2. The lowest BCUT2D eigenvalue weighted by Gasteiger charge is -2.24. The molecule has 166 valence electrons. The monoisotopic (exact) mass is 438 g/mol. The van der Waals surface area contributed by atoms with Gasteiger partial charge in [0, 0.05) is 0 Å². The number of likely N-dealkylation sites (N-methyl/N-ethyl adjacent to an activating group) is 1. The van der Waals surface area contributed by atoms with Gasteiger partial charge in [-0.2, -0.15) is 0 Å². The fourth-order valence-corrected chi connectivity index (χ4v) is 3.20. The van der Waals surface area contributed by atoms with Crippen molar-refractivity contribution in [3.8, 4) is 0 Å². The van der Waals surface area contributed by atoms with E-state index in [2.05, 4.69) is 0 Å². The average molecular weight is 438 g/mol. The number of hydrogen-bond acceptors (Lipinski definition) is 5. The summed E-state index contributed by atoms with van der Waals surface area (Å²) in [5.41, 5.74) is 2.04. The molecule has 2 unspecified atom stereocenters. The molecule has 0 aromatic heterocycles. The van der Waals surface area contributed by atoms with Crippen LogP contribution in [0.3, 0.4) is 0 Å². The summed E-state index contributed by atoms with van der Waals surface area (Å²) >= 11 is 0. The molecular weight excluding hydrogens is 405 g/mol. The SMILES string of the molecule is C[N+](C)(C)CCOP(=O)(O)OCC(COCc1ccccc1)OCc1ccccc1. The van der Waals surface area contributed by atoms with Gasteiger partial charge in [0.2, 0.25) is 0 Å². The van der Waals surface area contributed by atoms with Crippen molar-refractivity contribution in [2.24, 2.45) is 0 Å². The second kappa shape index (κ2) is 12.3. The molecule has 8 heteroatoms. The normalized spacial score (nSPS) is 14.9. The van der Waals surface area contributed by atoms with Crippen LogP contribution in [0.4, 0.5) is 0 Å². The highest BCUT2D eigenvalue weighted by Crippen LogP contribution is 2.43. The first kappa shape index (κ1) is 24.7. The molecule has 0 aliphatic heterocycles. The Balaban J connectivity index is 1.84. The topological polar surface area (TPSA) is 74.2 Å². The van der Waals surface area contributed by atoms with Gasteiger partial charge in [-0.05, 0) is 11.1 Å². The lowest BCUT2D eigenvalue weighted by atomic mass is 10.2. The molecule has 0 amide bonds. The van der Waals surface area contributed by atoms with E-state index < -0.39 is 13.9 Å². The number of quaternary nitrogens is 1. The summed E-state index contributed by atoms with van der Waals surface area (Å²) in [5.74, 6) is 0. The first-order chi connectivity index (χ1) is 14.2. The van der Waals surface area contributed by atoms with Gasteiger partial charge in [0.1, 0.15) is 19.3 Å². The minimum Gasteiger partial charge on any atom is -0.374 e. The van der Waals surface area contributed by atoms with Crippen LogP contribution in [0.2, 0.25) is 0 Å². The van der Waals surface area contributed by atoms with Gasteiger partial charge in [-0.15, -0.1) is 0 Å². The number of phosphoric ester groups is 1. The van der Waals surface area contributed by atoms with E-state index in [1.54, 1.807) is 0 Å². The van der Waals surface area contributed by atoms with Gasteiger partial charge in [0.15, 0.2) is 0 Å². The Hall–Kier alpha value is -1.57. The molecule has 2 aromatic carbocycles. The van der Waals surface area contributed by atoms with E-state index >= 15 is 0 Å². The van der Waals surface area contributed by atoms with E-state index in [1.807, 2.05) is 81.8 Å². The summed E-state index contributed by atoms with van der Waals surface area (Å²) in [6.07, 6.45) is -0.517. The Labute approximate surface area is 179 Å². The summed E-state index contributed by atoms with van der Waals surface area (Å²) < 4.78 is 34.7. The third-order valence-corrected chi connectivity index (χ3v) is 5.17. The van der Waals surface area contributed by atoms with Crippen LogP contribution in [0.15, 0.2) is 60.7 Å². The summed E-state index contributed by atoms with van der Waals surface area (Å²) in [7, 11) is 1.76. The second-order valence-electron chi connectivity index (χ2n) is 8.03. The predicted molar refractivity (Wildman–Crippen MR) is 116 cm³/mol. The number of hydrogen-bond donors (Lipinski definition) is 1. The van der Waals surface area contributed by atoms with Crippen LogP contribution in [0.5, 0.6) is 0 Å². The predicted octanol–water partition coefficient (Wildman–Crippen LogP) is 3.63. The van der Waals surface area contributed by atoms with Crippen molar-refractivity contribution >= 4 is 7.82 Å². The van der Waals surface area contributed by atoms with E-state index in [1.165, 1.54) is 0 Å². The van der Waals surface area contributed by atoms with E-state index in [0.29, 0.717) is 24.2 Å². The largest absolute Gasteiger partial charge is 0.472 e. The van der Waals surface area contributed by atoms with Gasteiger partial charge in [-0.3, -0.25) is 9.05 Å². The molecule has 1 N–H and O–H groups in total. The minimum absolute atomic E-state index is 0.111. The number of nitrogens with zero attached hydrogens (tertiary/aromatic N) is 1. The van der Waals surface area contributed by atoms with Crippen molar-refractivity contribution in [1.82, 2.24) is 0 Å². The van der Waals surface area contributed by atoms with Crippen molar-refractivity contribution in [2.45, 2.75) is 19.3 Å². The highest BCUT2D eigenvalue weighted by atomic mass is 31.2. The van der Waals surface area contributed by atoms with Gasteiger partial charge in [0.25, 0.3) is 0 Å². The third kappa shape index (κ3) is 11.0. The molecule has 0 bridgehead atoms. The molecule has 0 saturated carbocycles. The van der Waals surface area contributed by atoms with Gasteiger partial charge in [-0.1, -0.05) is 60.7 Å². The fraction of sp³-hybridized carbons (Fsp3) is 0.455. The van der Waals surface area contributed by atoms with Crippen molar-refractivity contribution in [1.29, 1.82) is 0 Å². The molecule has 30 heavy (non-hydrogen) atoms. The van der Waals surface area contributed by atoms with Gasteiger partial charge in [-0.25, -0.2) is 4.57 Å². The Bertz CT molecular complexity index is 766. The maximum absolute atomic E-state index is 12.2. The Morgan fingerprint density at radius 1 is 0.867 bits per heavy atom. The van der Waals surface area contributed by atoms with Gasteiger partial charge >= 0.3 is 7.82 Å². The lowest BCUT2D eigenvalue weighted by Crippen LogP contribution is -2.37. The van der Waals surface area contributed by atoms with E-state index in [0.717, 1.165) is 11.1 Å². The smallest absolute Gasteiger partial charge is 0.374 e. The summed E-state index contributed by atoms with van der Waals surface area (Å²) in [5, 5.41) is 0. The zero-order valence-electron chi connectivity index (χ0n) is 18.0. The molecule has 0 saturated heterocycles. The molecule has 2 atom stereocenters. The van der Waals surface area contributed by atoms with E-state index in [9.17, 15) is 9.46 Å². The molecule has 0 fully saturated rings. The molecule has 2 rings (SSSR count). The lowest BCUT2D eigenvalue weighted by molar-refractivity contribution is -0.870. The van der Waals surface area contributed by atoms with Crippen molar-refractivity contribution in [3.05, 3.63) is 71.8 Å². The van der Waals surface area contributed by atoms with Crippen molar-refractivity contribution in [2.75, 3.05) is 47.5 Å². The maximum Gasteiger partial charge on any atom is 0.472 e. The number of phosphoric acid groups is 1. The quantitative estimate of drug-likeness (QED) is 0.359. The number of benzene rings is 2. The molecule has 0 aliphatic carbocycles. The molecule has 2 aromatic rings. The summed E-state index contributed by atoms with van der Waals surface area (Å²) in [6.45, 7) is 1.59. The van der Waals surface area contributed by atoms with Crippen molar-refractivity contribution in [3.63, 3.8) is 0 Å². The highest BCUT2D eigenvalue weighted by molar-refractivity contribution is 7.47. The standard InChI is InChI=1S/C22H32NO6P/c1-23(2,3)14-15-28-30(24,25)29-19-22(27-17-21-12-8-5-9-13-21)18-26-16-20-10-6-4-7-11-20/h4-13,22H,14-19H2,1-3H3/p+1. The average Bonchev–Trinajstić information content (AvgIpc) is 2.70.